The monoisotopic (exact) mass is 232 g/mol. The van der Waals surface area contributed by atoms with Gasteiger partial charge in [0, 0.05) is 0 Å². The normalized spacial score (nSPS) is 25.0. The second-order valence-corrected chi connectivity index (χ2v) is 4.78. The van der Waals surface area contributed by atoms with E-state index in [0.29, 0.717) is 5.92 Å². The highest BCUT2D eigenvalue weighted by molar-refractivity contribution is 5.73. The van der Waals surface area contributed by atoms with Crippen LogP contribution in [0.1, 0.15) is 43.6 Å². The first kappa shape index (κ1) is 12.2. The zero-order valence-corrected chi connectivity index (χ0v) is 10.4. The van der Waals surface area contributed by atoms with Crippen molar-refractivity contribution < 1.29 is 9.53 Å². The summed E-state index contributed by atoms with van der Waals surface area (Å²) in [5.41, 5.74) is 1.28. The maximum atomic E-state index is 11.9. The minimum atomic E-state index is -0.0410. The molecule has 1 fully saturated rings. The third kappa shape index (κ3) is 2.87. The van der Waals surface area contributed by atoms with Gasteiger partial charge in [0.2, 0.25) is 0 Å². The minimum absolute atomic E-state index is 0.0410. The second kappa shape index (κ2) is 5.85. The average Bonchev–Trinajstić information content (AvgIpc) is 2.64. The summed E-state index contributed by atoms with van der Waals surface area (Å²) in [7, 11) is 1.50. The van der Waals surface area contributed by atoms with Crippen LogP contribution in [0.15, 0.2) is 30.3 Å². The van der Waals surface area contributed by atoms with Gasteiger partial charge in [0.05, 0.1) is 13.0 Å². The Morgan fingerprint density at radius 2 is 1.82 bits per heavy atom. The molecule has 1 aromatic rings. The first-order chi connectivity index (χ1) is 8.33. The van der Waals surface area contributed by atoms with Crippen LogP contribution in [0.25, 0.3) is 0 Å². The Labute approximate surface area is 103 Å². The Morgan fingerprint density at radius 1 is 1.12 bits per heavy atom. The first-order valence-corrected chi connectivity index (χ1v) is 6.45. The molecule has 0 heterocycles. The number of esters is 1. The number of hydrogen-bond acceptors (Lipinski definition) is 2. The predicted molar refractivity (Wildman–Crippen MR) is 67.8 cm³/mol. The lowest BCUT2D eigenvalue weighted by molar-refractivity contribution is -0.146. The summed E-state index contributed by atoms with van der Waals surface area (Å²) in [6.07, 6.45) is 5.66. The molecule has 1 aliphatic carbocycles. The summed E-state index contributed by atoms with van der Waals surface area (Å²) in [5.74, 6) is 0.344. The van der Waals surface area contributed by atoms with Gasteiger partial charge in [-0.25, -0.2) is 0 Å². The van der Waals surface area contributed by atoms with E-state index in [1.807, 2.05) is 6.07 Å². The van der Waals surface area contributed by atoms with E-state index in [9.17, 15) is 4.79 Å². The molecular weight excluding hydrogens is 212 g/mol. The molecule has 0 bridgehead atoms. The summed E-state index contributed by atoms with van der Waals surface area (Å²) in [6.45, 7) is 0. The molecule has 2 atom stereocenters. The first-order valence-electron chi connectivity index (χ1n) is 6.45. The molecule has 0 saturated heterocycles. The molecule has 2 heteroatoms. The molecule has 17 heavy (non-hydrogen) atoms. The molecule has 0 amide bonds. The van der Waals surface area contributed by atoms with Crippen LogP contribution < -0.4 is 0 Å². The summed E-state index contributed by atoms with van der Waals surface area (Å²) < 4.78 is 4.96. The van der Waals surface area contributed by atoms with E-state index in [0.717, 1.165) is 19.3 Å². The summed E-state index contributed by atoms with van der Waals surface area (Å²) in [5, 5.41) is 0. The SMILES string of the molecule is COC(=O)C1CCCCCC1c1ccccc1. The lowest BCUT2D eigenvalue weighted by atomic mass is 9.82. The van der Waals surface area contributed by atoms with Crippen molar-refractivity contribution in [3.05, 3.63) is 35.9 Å². The fraction of sp³-hybridized carbons (Fsp3) is 0.533. The molecule has 2 nitrogen and oxygen atoms in total. The Balaban J connectivity index is 2.23. The summed E-state index contributed by atoms with van der Waals surface area (Å²) in [4.78, 5) is 11.9. The van der Waals surface area contributed by atoms with Gasteiger partial charge in [0.15, 0.2) is 0 Å². The van der Waals surface area contributed by atoms with Crippen LogP contribution in [0, 0.1) is 5.92 Å². The van der Waals surface area contributed by atoms with Gasteiger partial charge < -0.3 is 4.74 Å². The van der Waals surface area contributed by atoms with Gasteiger partial charge in [-0.05, 0) is 24.3 Å². The van der Waals surface area contributed by atoms with Crippen LogP contribution in [-0.2, 0) is 9.53 Å². The average molecular weight is 232 g/mol. The molecule has 0 aromatic heterocycles. The largest absolute Gasteiger partial charge is 0.469 e. The van der Waals surface area contributed by atoms with Crippen molar-refractivity contribution >= 4 is 5.97 Å². The number of ether oxygens (including phenoxy) is 1. The molecule has 1 saturated carbocycles. The van der Waals surface area contributed by atoms with Gasteiger partial charge in [-0.2, -0.15) is 0 Å². The van der Waals surface area contributed by atoms with E-state index in [-0.39, 0.29) is 11.9 Å². The van der Waals surface area contributed by atoms with Gasteiger partial charge in [0.1, 0.15) is 0 Å². The number of rotatable bonds is 2. The fourth-order valence-electron chi connectivity index (χ4n) is 2.84. The van der Waals surface area contributed by atoms with Crippen molar-refractivity contribution in [2.24, 2.45) is 5.92 Å². The van der Waals surface area contributed by atoms with Gasteiger partial charge in [-0.15, -0.1) is 0 Å². The topological polar surface area (TPSA) is 26.3 Å². The van der Waals surface area contributed by atoms with Crippen molar-refractivity contribution in [1.82, 2.24) is 0 Å². The summed E-state index contributed by atoms with van der Waals surface area (Å²) in [6, 6.07) is 10.4. The quantitative estimate of drug-likeness (QED) is 0.576. The number of carbonyl (C=O) groups excluding carboxylic acids is 1. The number of methoxy groups -OCH3 is 1. The van der Waals surface area contributed by atoms with Crippen molar-refractivity contribution in [2.45, 2.75) is 38.0 Å². The van der Waals surface area contributed by atoms with Gasteiger partial charge in [-0.3, -0.25) is 4.79 Å². The molecule has 2 rings (SSSR count). The van der Waals surface area contributed by atoms with E-state index in [2.05, 4.69) is 24.3 Å². The lowest BCUT2D eigenvalue weighted by Crippen LogP contribution is -2.22. The van der Waals surface area contributed by atoms with Gasteiger partial charge >= 0.3 is 5.97 Å². The fourth-order valence-corrected chi connectivity index (χ4v) is 2.84. The molecular formula is C15H20O2. The van der Waals surface area contributed by atoms with E-state index in [1.54, 1.807) is 0 Å². The third-order valence-corrected chi connectivity index (χ3v) is 3.75. The Morgan fingerprint density at radius 3 is 2.53 bits per heavy atom. The highest BCUT2D eigenvalue weighted by Gasteiger charge is 2.31. The smallest absolute Gasteiger partial charge is 0.309 e. The van der Waals surface area contributed by atoms with Crippen LogP contribution >= 0.6 is 0 Å². The maximum Gasteiger partial charge on any atom is 0.309 e. The molecule has 1 aliphatic rings. The molecule has 0 radical (unpaired) electrons. The second-order valence-electron chi connectivity index (χ2n) is 4.78. The van der Waals surface area contributed by atoms with E-state index in [4.69, 9.17) is 4.74 Å². The van der Waals surface area contributed by atoms with Crippen LogP contribution in [0.2, 0.25) is 0 Å². The lowest BCUT2D eigenvalue weighted by Gasteiger charge is -2.23. The molecule has 0 spiro atoms. The van der Waals surface area contributed by atoms with Crippen LogP contribution in [-0.4, -0.2) is 13.1 Å². The summed E-state index contributed by atoms with van der Waals surface area (Å²) >= 11 is 0. The van der Waals surface area contributed by atoms with Gasteiger partial charge in [-0.1, -0.05) is 49.6 Å². The van der Waals surface area contributed by atoms with Gasteiger partial charge in [0.25, 0.3) is 0 Å². The Bertz CT molecular complexity index is 358. The highest BCUT2D eigenvalue weighted by Crippen LogP contribution is 2.37. The Kier molecular flexibility index (Phi) is 4.18. The number of hydrogen-bond donors (Lipinski definition) is 0. The van der Waals surface area contributed by atoms with Crippen LogP contribution in [0.4, 0.5) is 0 Å². The molecule has 0 N–H and O–H groups in total. The van der Waals surface area contributed by atoms with Crippen molar-refractivity contribution in [2.75, 3.05) is 7.11 Å². The number of benzene rings is 1. The maximum absolute atomic E-state index is 11.9. The van der Waals surface area contributed by atoms with Crippen molar-refractivity contribution in [3.8, 4) is 0 Å². The van der Waals surface area contributed by atoms with Crippen molar-refractivity contribution in [1.29, 1.82) is 0 Å². The van der Waals surface area contributed by atoms with E-state index in [1.165, 1.54) is 25.5 Å². The number of carbonyl (C=O) groups is 1. The predicted octanol–water partition coefficient (Wildman–Crippen LogP) is 3.52. The molecule has 1 aromatic carbocycles. The van der Waals surface area contributed by atoms with Crippen LogP contribution in [0.3, 0.4) is 0 Å². The molecule has 0 aliphatic heterocycles. The Hall–Kier alpha value is -1.31. The zero-order valence-electron chi connectivity index (χ0n) is 10.4. The highest BCUT2D eigenvalue weighted by atomic mass is 16.5. The molecule has 2 unspecified atom stereocenters. The molecule has 92 valence electrons. The van der Waals surface area contributed by atoms with Crippen molar-refractivity contribution in [3.63, 3.8) is 0 Å². The third-order valence-electron chi connectivity index (χ3n) is 3.75. The van der Waals surface area contributed by atoms with Crippen LogP contribution in [0.5, 0.6) is 0 Å². The minimum Gasteiger partial charge on any atom is -0.469 e. The standard InChI is InChI=1S/C15H20O2/c1-17-15(16)14-11-7-3-6-10-13(14)12-8-4-2-5-9-12/h2,4-5,8-9,13-14H,3,6-7,10-11H2,1H3. The van der Waals surface area contributed by atoms with E-state index < -0.39 is 0 Å². The zero-order chi connectivity index (χ0) is 12.1. The van der Waals surface area contributed by atoms with E-state index >= 15 is 0 Å².